The summed E-state index contributed by atoms with van der Waals surface area (Å²) in [6, 6.07) is 7.41. The van der Waals surface area contributed by atoms with Gasteiger partial charge >= 0.3 is 0 Å². The number of nitrogens with one attached hydrogen (secondary N) is 1. The zero-order chi connectivity index (χ0) is 11.8. The van der Waals surface area contributed by atoms with Gasteiger partial charge < -0.3 is 10.1 Å². The molecule has 1 aromatic carbocycles. The highest BCUT2D eigenvalue weighted by molar-refractivity contribution is 14.1. The molecule has 0 heterocycles. The molecule has 3 nitrogen and oxygen atoms in total. The molecule has 0 fully saturated rings. The Bertz CT molecular complexity index is 329. The molecule has 0 unspecified atom stereocenters. The number of rotatable bonds is 6. The summed E-state index contributed by atoms with van der Waals surface area (Å²) in [5, 5.41) is 2.77. The number of alkyl halides is 1. The van der Waals surface area contributed by atoms with Gasteiger partial charge in [0.2, 0.25) is 0 Å². The van der Waals surface area contributed by atoms with E-state index in [0.717, 1.165) is 3.57 Å². The second-order valence-corrected chi connectivity index (χ2v) is 4.69. The van der Waals surface area contributed by atoms with Crippen molar-refractivity contribution in [2.45, 2.75) is 0 Å². The molecule has 1 aromatic rings. The molecular weight excluding hydrogens is 340 g/mol. The largest absolute Gasteiger partial charge is 0.378 e. The SMILES string of the molecule is O=C(NCCOCCCl)c1ccc(I)cc1. The highest BCUT2D eigenvalue weighted by Gasteiger charge is 2.03. The minimum Gasteiger partial charge on any atom is -0.378 e. The minimum absolute atomic E-state index is 0.0779. The molecule has 0 atom stereocenters. The van der Waals surface area contributed by atoms with E-state index in [4.69, 9.17) is 16.3 Å². The van der Waals surface area contributed by atoms with Crippen LogP contribution in [0.3, 0.4) is 0 Å². The third-order valence-corrected chi connectivity index (χ3v) is 2.73. The first kappa shape index (κ1) is 13.7. The Morgan fingerprint density at radius 1 is 1.31 bits per heavy atom. The van der Waals surface area contributed by atoms with Gasteiger partial charge in [-0.1, -0.05) is 0 Å². The van der Waals surface area contributed by atoms with E-state index in [0.29, 0.717) is 31.2 Å². The molecule has 0 aliphatic heterocycles. The summed E-state index contributed by atoms with van der Waals surface area (Å²) in [6.45, 7) is 1.51. The van der Waals surface area contributed by atoms with E-state index in [1.807, 2.05) is 12.1 Å². The predicted molar refractivity (Wildman–Crippen MR) is 73.0 cm³/mol. The lowest BCUT2D eigenvalue weighted by atomic mass is 10.2. The smallest absolute Gasteiger partial charge is 0.251 e. The van der Waals surface area contributed by atoms with Gasteiger partial charge in [-0.2, -0.15) is 0 Å². The lowest BCUT2D eigenvalue weighted by Gasteiger charge is -2.05. The maximum atomic E-state index is 11.6. The Labute approximate surface area is 114 Å². The van der Waals surface area contributed by atoms with Crippen molar-refractivity contribution in [1.29, 1.82) is 0 Å². The first-order valence-corrected chi connectivity index (χ1v) is 6.53. The average Bonchev–Trinajstić information content (AvgIpc) is 2.29. The van der Waals surface area contributed by atoms with Crippen molar-refractivity contribution in [3.05, 3.63) is 33.4 Å². The molecule has 16 heavy (non-hydrogen) atoms. The molecule has 0 aromatic heterocycles. The molecule has 0 saturated carbocycles. The summed E-state index contributed by atoms with van der Waals surface area (Å²) in [5.41, 5.74) is 0.665. The number of carbonyl (C=O) groups excluding carboxylic acids is 1. The van der Waals surface area contributed by atoms with E-state index in [9.17, 15) is 4.79 Å². The van der Waals surface area contributed by atoms with E-state index in [-0.39, 0.29) is 5.91 Å². The highest BCUT2D eigenvalue weighted by Crippen LogP contribution is 2.06. The maximum Gasteiger partial charge on any atom is 0.251 e. The topological polar surface area (TPSA) is 38.3 Å². The van der Waals surface area contributed by atoms with Gasteiger partial charge in [-0.15, -0.1) is 11.6 Å². The van der Waals surface area contributed by atoms with Crippen molar-refractivity contribution < 1.29 is 9.53 Å². The van der Waals surface area contributed by atoms with E-state index >= 15 is 0 Å². The quantitative estimate of drug-likeness (QED) is 0.484. The van der Waals surface area contributed by atoms with Crippen molar-refractivity contribution in [1.82, 2.24) is 5.32 Å². The van der Waals surface area contributed by atoms with E-state index < -0.39 is 0 Å². The number of benzene rings is 1. The zero-order valence-electron chi connectivity index (χ0n) is 8.71. The fraction of sp³-hybridized carbons (Fsp3) is 0.364. The van der Waals surface area contributed by atoms with Crippen LogP contribution in [0.25, 0.3) is 0 Å². The molecular formula is C11H13ClINO2. The monoisotopic (exact) mass is 353 g/mol. The molecule has 1 rings (SSSR count). The van der Waals surface area contributed by atoms with Crippen LogP contribution in [0.4, 0.5) is 0 Å². The number of ether oxygens (including phenoxy) is 1. The molecule has 88 valence electrons. The Morgan fingerprint density at radius 2 is 2.00 bits per heavy atom. The van der Waals surface area contributed by atoms with Gasteiger partial charge in [-0.05, 0) is 46.9 Å². The fourth-order valence-electron chi connectivity index (χ4n) is 1.10. The summed E-state index contributed by atoms with van der Waals surface area (Å²) in [4.78, 5) is 11.6. The second kappa shape index (κ2) is 7.86. The predicted octanol–water partition coefficient (Wildman–Crippen LogP) is 2.28. The Hall–Kier alpha value is -0.330. The van der Waals surface area contributed by atoms with Crippen molar-refractivity contribution >= 4 is 40.1 Å². The van der Waals surface area contributed by atoms with Crippen LogP contribution in [0.15, 0.2) is 24.3 Å². The fourth-order valence-corrected chi connectivity index (χ4v) is 1.57. The number of hydrogen-bond donors (Lipinski definition) is 1. The Kier molecular flexibility index (Phi) is 6.75. The summed E-state index contributed by atoms with van der Waals surface area (Å²) in [7, 11) is 0. The average molecular weight is 354 g/mol. The number of amides is 1. The van der Waals surface area contributed by atoms with Crippen molar-refractivity contribution in [2.75, 3.05) is 25.6 Å². The van der Waals surface area contributed by atoms with Gasteiger partial charge in [0.25, 0.3) is 5.91 Å². The number of carbonyl (C=O) groups is 1. The summed E-state index contributed by atoms with van der Waals surface area (Å²) >= 11 is 7.64. The van der Waals surface area contributed by atoms with Crippen molar-refractivity contribution in [3.63, 3.8) is 0 Å². The van der Waals surface area contributed by atoms with Crippen LogP contribution < -0.4 is 5.32 Å². The van der Waals surface area contributed by atoms with E-state index in [1.165, 1.54) is 0 Å². The molecule has 0 spiro atoms. The summed E-state index contributed by atoms with van der Waals surface area (Å²) in [5.74, 6) is 0.399. The molecule has 1 amide bonds. The normalized spacial score (nSPS) is 10.1. The van der Waals surface area contributed by atoms with Gasteiger partial charge in [0, 0.05) is 21.6 Å². The van der Waals surface area contributed by atoms with Crippen LogP contribution in [0.1, 0.15) is 10.4 Å². The minimum atomic E-state index is -0.0779. The van der Waals surface area contributed by atoms with Crippen LogP contribution in [0.2, 0.25) is 0 Å². The van der Waals surface area contributed by atoms with Gasteiger partial charge in [0.15, 0.2) is 0 Å². The van der Waals surface area contributed by atoms with E-state index in [1.54, 1.807) is 12.1 Å². The van der Waals surface area contributed by atoms with Gasteiger partial charge in [0.1, 0.15) is 0 Å². The van der Waals surface area contributed by atoms with Crippen molar-refractivity contribution in [2.24, 2.45) is 0 Å². The molecule has 1 N–H and O–H groups in total. The highest BCUT2D eigenvalue weighted by atomic mass is 127. The molecule has 5 heteroatoms. The molecule has 0 aliphatic rings. The Balaban J connectivity index is 2.27. The van der Waals surface area contributed by atoms with Crippen LogP contribution in [-0.4, -0.2) is 31.5 Å². The third kappa shape index (κ3) is 5.14. The van der Waals surface area contributed by atoms with Crippen LogP contribution in [0, 0.1) is 3.57 Å². The van der Waals surface area contributed by atoms with Crippen LogP contribution in [0.5, 0.6) is 0 Å². The third-order valence-electron chi connectivity index (χ3n) is 1.86. The van der Waals surface area contributed by atoms with Crippen molar-refractivity contribution in [3.8, 4) is 0 Å². The van der Waals surface area contributed by atoms with Gasteiger partial charge in [0.05, 0.1) is 13.2 Å². The molecule has 0 aliphatic carbocycles. The molecule has 0 saturated heterocycles. The molecule has 0 radical (unpaired) electrons. The first-order chi connectivity index (χ1) is 7.74. The van der Waals surface area contributed by atoms with E-state index in [2.05, 4.69) is 27.9 Å². The zero-order valence-corrected chi connectivity index (χ0v) is 11.6. The lowest BCUT2D eigenvalue weighted by molar-refractivity contribution is 0.0923. The van der Waals surface area contributed by atoms with Crippen LogP contribution in [-0.2, 0) is 4.74 Å². The number of hydrogen-bond acceptors (Lipinski definition) is 2. The van der Waals surface area contributed by atoms with Gasteiger partial charge in [-0.3, -0.25) is 4.79 Å². The van der Waals surface area contributed by atoms with Gasteiger partial charge in [-0.25, -0.2) is 0 Å². The summed E-state index contributed by atoms with van der Waals surface area (Å²) in [6.07, 6.45) is 0. The Morgan fingerprint density at radius 3 is 2.62 bits per heavy atom. The maximum absolute atomic E-state index is 11.6. The standard InChI is InChI=1S/C11H13ClINO2/c12-5-7-16-8-6-14-11(15)9-1-3-10(13)4-2-9/h1-4H,5-8H2,(H,14,15). The number of halogens is 2. The molecule has 0 bridgehead atoms. The van der Waals surface area contributed by atoms with Crippen LogP contribution >= 0.6 is 34.2 Å². The lowest BCUT2D eigenvalue weighted by Crippen LogP contribution is -2.27. The summed E-state index contributed by atoms with van der Waals surface area (Å²) < 4.78 is 6.25. The second-order valence-electron chi connectivity index (χ2n) is 3.06. The first-order valence-electron chi connectivity index (χ1n) is 4.91.